The first-order valence-corrected chi connectivity index (χ1v) is 9.50. The number of nitrogens with zero attached hydrogens (tertiary/aromatic N) is 1. The Hall–Kier alpha value is -0.590. The minimum atomic E-state index is -3.42. The maximum atomic E-state index is 12.3. The van der Waals surface area contributed by atoms with E-state index in [2.05, 4.69) is 27.6 Å². The molecule has 0 aliphatic carbocycles. The highest BCUT2D eigenvalue weighted by atomic mass is 79.9. The van der Waals surface area contributed by atoms with Crippen LogP contribution in [0.2, 0.25) is 0 Å². The Morgan fingerprint density at radius 3 is 2.65 bits per heavy atom. The van der Waals surface area contributed by atoms with Gasteiger partial charge in [0.1, 0.15) is 0 Å². The molecule has 1 heterocycles. The van der Waals surface area contributed by atoms with Gasteiger partial charge in [-0.15, -0.1) is 0 Å². The second kappa shape index (κ2) is 6.91. The van der Waals surface area contributed by atoms with Crippen LogP contribution in [0.15, 0.2) is 24.3 Å². The molecule has 0 aromatic heterocycles. The highest BCUT2D eigenvalue weighted by molar-refractivity contribution is 9.09. The first kappa shape index (κ1) is 15.8. The van der Waals surface area contributed by atoms with Gasteiger partial charge in [0, 0.05) is 24.1 Å². The lowest BCUT2D eigenvalue weighted by Gasteiger charge is -2.30. The number of benzene rings is 1. The van der Waals surface area contributed by atoms with E-state index in [9.17, 15) is 8.42 Å². The molecule has 0 amide bonds. The Morgan fingerprint density at radius 1 is 1.35 bits per heavy atom. The second-order valence-electron chi connectivity index (χ2n) is 5.35. The van der Waals surface area contributed by atoms with Gasteiger partial charge in [0.05, 0.1) is 0 Å². The summed E-state index contributed by atoms with van der Waals surface area (Å²) in [5, 5.41) is 0.906. The van der Waals surface area contributed by atoms with Crippen LogP contribution >= 0.6 is 15.9 Å². The summed E-state index contributed by atoms with van der Waals surface area (Å²) in [6.45, 7) is 3.31. The third kappa shape index (κ3) is 4.20. The number of alkyl halides is 1. The van der Waals surface area contributed by atoms with Crippen molar-refractivity contribution in [1.82, 2.24) is 4.31 Å². The van der Waals surface area contributed by atoms with E-state index in [1.54, 1.807) is 4.31 Å². The fraction of sp³-hybridized carbons (Fsp3) is 0.571. The van der Waals surface area contributed by atoms with Crippen LogP contribution in [0.5, 0.6) is 0 Å². The van der Waals surface area contributed by atoms with Crippen molar-refractivity contribution in [2.24, 2.45) is 5.92 Å². The number of rotatable bonds is 5. The average molecular weight is 361 g/mol. The lowest BCUT2D eigenvalue weighted by atomic mass is 10.0. The molecule has 1 N–H and O–H groups in total. The van der Waals surface area contributed by atoms with Crippen molar-refractivity contribution in [2.75, 3.05) is 23.1 Å². The van der Waals surface area contributed by atoms with E-state index in [0.717, 1.165) is 24.6 Å². The Balaban J connectivity index is 2.03. The van der Waals surface area contributed by atoms with Gasteiger partial charge < -0.3 is 0 Å². The fourth-order valence-corrected chi connectivity index (χ4v) is 4.27. The molecule has 1 fully saturated rings. The van der Waals surface area contributed by atoms with Crippen molar-refractivity contribution >= 4 is 31.8 Å². The van der Waals surface area contributed by atoms with Crippen LogP contribution in [-0.4, -0.2) is 31.1 Å². The van der Waals surface area contributed by atoms with Crippen molar-refractivity contribution in [3.63, 3.8) is 0 Å². The molecule has 20 heavy (non-hydrogen) atoms. The van der Waals surface area contributed by atoms with Crippen molar-refractivity contribution in [2.45, 2.75) is 26.2 Å². The third-order valence-electron chi connectivity index (χ3n) is 3.54. The van der Waals surface area contributed by atoms with Crippen molar-refractivity contribution < 1.29 is 8.42 Å². The Kier molecular flexibility index (Phi) is 5.46. The standard InChI is InChI=1S/C14H21BrN2O2S/c1-12-3-2-10-17(11-12)20(18,19)16-14-6-4-13(5-7-14)8-9-15/h4-7,12,16H,2-3,8-11H2,1H3. The molecule has 1 atom stereocenters. The molecule has 1 aliphatic rings. The summed E-state index contributed by atoms with van der Waals surface area (Å²) in [6.07, 6.45) is 2.98. The van der Waals surface area contributed by atoms with E-state index in [1.807, 2.05) is 24.3 Å². The highest BCUT2D eigenvalue weighted by Crippen LogP contribution is 2.20. The molecule has 6 heteroatoms. The van der Waals surface area contributed by atoms with Gasteiger partial charge in [0.25, 0.3) is 0 Å². The maximum absolute atomic E-state index is 12.3. The van der Waals surface area contributed by atoms with Crippen LogP contribution in [0.1, 0.15) is 25.3 Å². The zero-order valence-corrected chi connectivity index (χ0v) is 14.1. The summed E-state index contributed by atoms with van der Waals surface area (Å²) in [4.78, 5) is 0. The van der Waals surface area contributed by atoms with Gasteiger partial charge in [-0.05, 0) is 42.9 Å². The van der Waals surface area contributed by atoms with Crippen molar-refractivity contribution in [1.29, 1.82) is 0 Å². The molecule has 1 aromatic rings. The third-order valence-corrected chi connectivity index (χ3v) is 5.45. The van der Waals surface area contributed by atoms with Gasteiger partial charge in [-0.2, -0.15) is 12.7 Å². The Labute approximate surface area is 129 Å². The Bertz CT molecular complexity index is 531. The summed E-state index contributed by atoms with van der Waals surface area (Å²) >= 11 is 3.39. The van der Waals surface area contributed by atoms with E-state index in [0.29, 0.717) is 24.7 Å². The molecular weight excluding hydrogens is 340 g/mol. The molecular formula is C14H21BrN2O2S. The van der Waals surface area contributed by atoms with Gasteiger partial charge in [-0.1, -0.05) is 35.0 Å². The van der Waals surface area contributed by atoms with Gasteiger partial charge in [0.2, 0.25) is 0 Å². The van der Waals surface area contributed by atoms with Crippen LogP contribution in [0.4, 0.5) is 5.69 Å². The van der Waals surface area contributed by atoms with E-state index in [-0.39, 0.29) is 0 Å². The zero-order chi connectivity index (χ0) is 14.6. The molecule has 0 spiro atoms. The number of piperidine rings is 1. The molecule has 2 rings (SSSR count). The topological polar surface area (TPSA) is 49.4 Å². The first-order chi connectivity index (χ1) is 9.51. The summed E-state index contributed by atoms with van der Waals surface area (Å²) in [7, 11) is -3.42. The number of halogens is 1. The van der Waals surface area contributed by atoms with Crippen LogP contribution in [0.25, 0.3) is 0 Å². The lowest BCUT2D eigenvalue weighted by Crippen LogP contribution is -2.42. The van der Waals surface area contributed by atoms with E-state index in [1.165, 1.54) is 5.56 Å². The number of nitrogens with one attached hydrogen (secondary N) is 1. The second-order valence-corrected chi connectivity index (χ2v) is 7.81. The quantitative estimate of drug-likeness (QED) is 0.820. The fourth-order valence-electron chi connectivity index (χ4n) is 2.43. The van der Waals surface area contributed by atoms with E-state index < -0.39 is 10.2 Å². The van der Waals surface area contributed by atoms with E-state index in [4.69, 9.17) is 0 Å². The van der Waals surface area contributed by atoms with Gasteiger partial charge >= 0.3 is 10.2 Å². The average Bonchev–Trinajstić information content (AvgIpc) is 2.41. The molecule has 112 valence electrons. The van der Waals surface area contributed by atoms with Crippen LogP contribution in [-0.2, 0) is 16.6 Å². The summed E-state index contributed by atoms with van der Waals surface area (Å²) in [5.41, 5.74) is 1.82. The molecule has 1 aliphatic heterocycles. The summed E-state index contributed by atoms with van der Waals surface area (Å²) in [6, 6.07) is 7.56. The van der Waals surface area contributed by atoms with Gasteiger partial charge in [-0.3, -0.25) is 4.72 Å². The number of aryl methyl sites for hydroxylation is 1. The predicted octanol–water partition coefficient (Wildman–Crippen LogP) is 3.01. The monoisotopic (exact) mass is 360 g/mol. The molecule has 0 bridgehead atoms. The smallest absolute Gasteiger partial charge is 0.271 e. The first-order valence-electron chi connectivity index (χ1n) is 6.94. The lowest BCUT2D eigenvalue weighted by molar-refractivity contribution is 0.282. The van der Waals surface area contributed by atoms with E-state index >= 15 is 0 Å². The van der Waals surface area contributed by atoms with Gasteiger partial charge in [-0.25, -0.2) is 0 Å². The molecule has 1 saturated heterocycles. The molecule has 1 unspecified atom stereocenters. The van der Waals surface area contributed by atoms with Crippen molar-refractivity contribution in [3.05, 3.63) is 29.8 Å². The Morgan fingerprint density at radius 2 is 2.05 bits per heavy atom. The maximum Gasteiger partial charge on any atom is 0.301 e. The minimum absolute atomic E-state index is 0.432. The van der Waals surface area contributed by atoms with Crippen molar-refractivity contribution in [3.8, 4) is 0 Å². The zero-order valence-electron chi connectivity index (χ0n) is 11.7. The number of hydrogen-bond donors (Lipinski definition) is 1. The number of hydrogen-bond acceptors (Lipinski definition) is 2. The predicted molar refractivity (Wildman–Crippen MR) is 86.5 cm³/mol. The summed E-state index contributed by atoms with van der Waals surface area (Å²) in [5.74, 6) is 0.432. The van der Waals surface area contributed by atoms with Gasteiger partial charge in [0.15, 0.2) is 0 Å². The molecule has 4 nitrogen and oxygen atoms in total. The van der Waals surface area contributed by atoms with Crippen LogP contribution in [0, 0.1) is 5.92 Å². The van der Waals surface area contributed by atoms with Crippen LogP contribution in [0.3, 0.4) is 0 Å². The molecule has 0 saturated carbocycles. The SMILES string of the molecule is CC1CCCN(S(=O)(=O)Nc2ccc(CCBr)cc2)C1. The normalized spacial score (nSPS) is 20.8. The summed E-state index contributed by atoms with van der Waals surface area (Å²) < 4.78 is 28.9. The molecule has 0 radical (unpaired) electrons. The molecule has 1 aromatic carbocycles. The van der Waals surface area contributed by atoms with Crippen LogP contribution < -0.4 is 4.72 Å². The highest BCUT2D eigenvalue weighted by Gasteiger charge is 2.26. The number of anilines is 1. The largest absolute Gasteiger partial charge is 0.301 e. The minimum Gasteiger partial charge on any atom is -0.271 e.